The number of aromatic nitrogens is 2. The summed E-state index contributed by atoms with van der Waals surface area (Å²) in [7, 11) is 1.92. The largest absolute Gasteiger partial charge is 0.338 e. The second-order valence-electron chi connectivity index (χ2n) is 6.20. The molecule has 1 N–H and O–H groups in total. The number of hydrogen-bond acceptors (Lipinski definition) is 4. The number of thiophene rings is 1. The van der Waals surface area contributed by atoms with Crippen LogP contribution in [-0.4, -0.2) is 40.2 Å². The molecule has 5 nitrogen and oxygen atoms in total. The fourth-order valence-electron chi connectivity index (χ4n) is 3.59. The number of carbonyl (C=O) groups excluding carboxylic acids is 1. The molecule has 2 aromatic heterocycles. The van der Waals surface area contributed by atoms with Crippen LogP contribution in [0.4, 0.5) is 0 Å². The zero-order valence-electron chi connectivity index (χ0n) is 13.1. The third kappa shape index (κ3) is 3.03. The molecule has 0 unspecified atom stereocenters. The van der Waals surface area contributed by atoms with E-state index in [1.165, 1.54) is 16.0 Å². The van der Waals surface area contributed by atoms with Crippen LogP contribution in [0.1, 0.15) is 21.9 Å². The van der Waals surface area contributed by atoms with E-state index in [9.17, 15) is 4.79 Å². The maximum Gasteiger partial charge on any atom is 0.227 e. The number of aryl methyl sites for hydroxylation is 1. The van der Waals surface area contributed by atoms with Crippen LogP contribution in [-0.2, 0) is 24.8 Å². The summed E-state index contributed by atoms with van der Waals surface area (Å²) in [4.78, 5) is 16.5. The minimum absolute atomic E-state index is 0. The summed E-state index contributed by atoms with van der Waals surface area (Å²) in [6, 6.07) is 2.16. The Morgan fingerprint density at radius 1 is 1.43 bits per heavy atom. The Morgan fingerprint density at radius 2 is 2.30 bits per heavy atom. The van der Waals surface area contributed by atoms with E-state index in [4.69, 9.17) is 0 Å². The topological polar surface area (TPSA) is 50.2 Å². The molecule has 2 atom stereocenters. The first-order chi connectivity index (χ1) is 10.7. The molecule has 0 aliphatic carbocycles. The highest BCUT2D eigenvalue weighted by Gasteiger charge is 2.37. The molecule has 2 aliphatic rings. The number of halogens is 1. The number of amides is 1. The third-order valence-corrected chi connectivity index (χ3v) is 5.83. The fraction of sp³-hybridized carbons (Fsp3) is 0.500. The summed E-state index contributed by atoms with van der Waals surface area (Å²) < 4.78 is 1.81. The summed E-state index contributed by atoms with van der Waals surface area (Å²) in [6.07, 6.45) is 4.92. The van der Waals surface area contributed by atoms with Crippen molar-refractivity contribution in [3.8, 4) is 0 Å². The predicted molar refractivity (Wildman–Crippen MR) is 93.0 cm³/mol. The molecule has 0 bridgehead atoms. The van der Waals surface area contributed by atoms with Crippen molar-refractivity contribution in [3.05, 3.63) is 39.8 Å². The van der Waals surface area contributed by atoms with Gasteiger partial charge in [-0.25, -0.2) is 0 Å². The Bertz CT molecular complexity index is 698. The van der Waals surface area contributed by atoms with Gasteiger partial charge in [-0.3, -0.25) is 9.48 Å². The van der Waals surface area contributed by atoms with Gasteiger partial charge in [0, 0.05) is 50.2 Å². The van der Waals surface area contributed by atoms with E-state index in [0.29, 0.717) is 0 Å². The van der Waals surface area contributed by atoms with Gasteiger partial charge in [0.15, 0.2) is 0 Å². The second-order valence-corrected chi connectivity index (χ2v) is 7.20. The van der Waals surface area contributed by atoms with E-state index in [1.807, 2.05) is 40.4 Å². The quantitative estimate of drug-likeness (QED) is 0.896. The highest BCUT2D eigenvalue weighted by Crippen LogP contribution is 2.31. The molecule has 2 aliphatic heterocycles. The van der Waals surface area contributed by atoms with Gasteiger partial charge in [0.25, 0.3) is 0 Å². The van der Waals surface area contributed by atoms with Crippen molar-refractivity contribution in [2.24, 2.45) is 13.0 Å². The van der Waals surface area contributed by atoms with Crippen LogP contribution in [0.15, 0.2) is 23.8 Å². The van der Waals surface area contributed by atoms with Crippen LogP contribution in [0.2, 0.25) is 0 Å². The number of fused-ring (bicyclic) bond motifs is 1. The van der Waals surface area contributed by atoms with Gasteiger partial charge < -0.3 is 10.2 Å². The van der Waals surface area contributed by atoms with Crippen molar-refractivity contribution in [2.45, 2.75) is 18.9 Å². The zero-order chi connectivity index (χ0) is 15.1. The van der Waals surface area contributed by atoms with Crippen LogP contribution in [0.3, 0.4) is 0 Å². The van der Waals surface area contributed by atoms with Crippen LogP contribution in [0, 0.1) is 5.92 Å². The third-order valence-electron chi connectivity index (χ3n) is 4.80. The summed E-state index contributed by atoms with van der Waals surface area (Å²) in [5, 5.41) is 9.77. The normalized spacial score (nSPS) is 23.4. The lowest BCUT2D eigenvalue weighted by Gasteiger charge is -2.30. The van der Waals surface area contributed by atoms with Crippen molar-refractivity contribution >= 4 is 29.7 Å². The fourth-order valence-corrected chi connectivity index (χ4v) is 4.48. The molecule has 0 radical (unpaired) electrons. The van der Waals surface area contributed by atoms with Crippen molar-refractivity contribution < 1.29 is 4.79 Å². The Hall–Kier alpha value is -1.37. The first kappa shape index (κ1) is 16.5. The Morgan fingerprint density at radius 3 is 3.09 bits per heavy atom. The van der Waals surface area contributed by atoms with Gasteiger partial charge in [0.05, 0.1) is 12.1 Å². The molecule has 0 spiro atoms. The summed E-state index contributed by atoms with van der Waals surface area (Å²) in [5.41, 5.74) is 2.49. The van der Waals surface area contributed by atoms with Gasteiger partial charge >= 0.3 is 0 Å². The smallest absolute Gasteiger partial charge is 0.227 e. The minimum atomic E-state index is 0. The van der Waals surface area contributed by atoms with E-state index in [2.05, 4.69) is 21.9 Å². The number of rotatable bonds is 2. The summed E-state index contributed by atoms with van der Waals surface area (Å²) >= 11 is 1.81. The van der Waals surface area contributed by atoms with Gasteiger partial charge in [0.1, 0.15) is 0 Å². The maximum absolute atomic E-state index is 13.0. The van der Waals surface area contributed by atoms with Gasteiger partial charge in [-0.2, -0.15) is 5.10 Å². The molecule has 124 valence electrons. The zero-order valence-corrected chi connectivity index (χ0v) is 14.7. The standard InChI is InChI=1S/C16H20N4OS.ClH/c1-19-9-12(6-18-19)13-7-17-8-14(13)16(21)20-4-2-15-11(10-20)3-5-22-15;/h3,5-6,9,13-14,17H,2,4,7-8,10H2,1H3;1H/t13-,14+;/m1./s1. The molecule has 1 amide bonds. The first-order valence-corrected chi connectivity index (χ1v) is 8.63. The van der Waals surface area contributed by atoms with Crippen molar-refractivity contribution in [1.82, 2.24) is 20.0 Å². The lowest BCUT2D eigenvalue weighted by molar-refractivity contribution is -0.136. The van der Waals surface area contributed by atoms with Gasteiger partial charge in [-0.1, -0.05) is 0 Å². The molecule has 1 saturated heterocycles. The van der Waals surface area contributed by atoms with E-state index >= 15 is 0 Å². The Balaban J connectivity index is 0.00000156. The molecular formula is C16H21ClN4OS. The van der Waals surface area contributed by atoms with Crippen molar-refractivity contribution in [1.29, 1.82) is 0 Å². The molecule has 0 aromatic carbocycles. The summed E-state index contributed by atoms with van der Waals surface area (Å²) in [5.74, 6) is 0.560. The van der Waals surface area contributed by atoms with E-state index in [-0.39, 0.29) is 30.2 Å². The van der Waals surface area contributed by atoms with E-state index < -0.39 is 0 Å². The highest BCUT2D eigenvalue weighted by atomic mass is 35.5. The predicted octanol–water partition coefficient (Wildman–Crippen LogP) is 1.79. The molecular weight excluding hydrogens is 332 g/mol. The van der Waals surface area contributed by atoms with E-state index in [1.54, 1.807) is 0 Å². The molecule has 4 rings (SSSR count). The monoisotopic (exact) mass is 352 g/mol. The van der Waals surface area contributed by atoms with Crippen LogP contribution >= 0.6 is 23.7 Å². The van der Waals surface area contributed by atoms with E-state index in [0.717, 1.165) is 32.6 Å². The number of nitrogens with one attached hydrogen (secondary N) is 1. The lowest BCUT2D eigenvalue weighted by Crippen LogP contribution is -2.41. The van der Waals surface area contributed by atoms with Crippen LogP contribution < -0.4 is 5.32 Å². The van der Waals surface area contributed by atoms with Crippen molar-refractivity contribution in [2.75, 3.05) is 19.6 Å². The second kappa shape index (κ2) is 6.63. The SMILES string of the molecule is Cl.Cn1cc([C@H]2CNC[C@@H]2C(=O)N2CCc3sccc3C2)cn1. The van der Waals surface area contributed by atoms with Crippen molar-refractivity contribution in [3.63, 3.8) is 0 Å². The molecule has 1 fully saturated rings. The lowest BCUT2D eigenvalue weighted by atomic mass is 9.89. The average molecular weight is 353 g/mol. The molecule has 23 heavy (non-hydrogen) atoms. The molecule has 7 heteroatoms. The maximum atomic E-state index is 13.0. The highest BCUT2D eigenvalue weighted by molar-refractivity contribution is 7.10. The van der Waals surface area contributed by atoms with Gasteiger partial charge in [-0.15, -0.1) is 23.7 Å². The molecule has 2 aromatic rings. The minimum Gasteiger partial charge on any atom is -0.338 e. The van der Waals surface area contributed by atoms with Crippen LogP contribution in [0.5, 0.6) is 0 Å². The molecule has 4 heterocycles. The first-order valence-electron chi connectivity index (χ1n) is 7.75. The number of carbonyl (C=O) groups is 1. The summed E-state index contributed by atoms with van der Waals surface area (Å²) in [6.45, 7) is 3.25. The average Bonchev–Trinajstić information content (AvgIpc) is 3.25. The van der Waals surface area contributed by atoms with Gasteiger partial charge in [-0.05, 0) is 29.0 Å². The number of nitrogens with zero attached hydrogens (tertiary/aromatic N) is 3. The van der Waals surface area contributed by atoms with Crippen LogP contribution in [0.25, 0.3) is 0 Å². The Kier molecular flexibility index (Phi) is 4.75. The number of hydrogen-bond donors (Lipinski definition) is 1. The molecule has 0 saturated carbocycles. The Labute approximate surface area is 146 Å². The van der Waals surface area contributed by atoms with Gasteiger partial charge in [0.2, 0.25) is 5.91 Å².